The zero-order valence-corrected chi connectivity index (χ0v) is 12.2. The van der Waals surface area contributed by atoms with Gasteiger partial charge in [0, 0.05) is 17.1 Å². The highest BCUT2D eigenvalue weighted by atomic mass is 32.2. The van der Waals surface area contributed by atoms with Crippen molar-refractivity contribution >= 4 is 32.7 Å². The van der Waals surface area contributed by atoms with E-state index in [1.165, 1.54) is 6.20 Å². The molecule has 1 heterocycles. The van der Waals surface area contributed by atoms with E-state index >= 15 is 0 Å². The Bertz CT molecular complexity index is 917. The molecular formula is C15H13N3O3S. The van der Waals surface area contributed by atoms with Crippen LogP contribution < -0.4 is 9.44 Å². The largest absolute Gasteiger partial charge is 0.360 e. The van der Waals surface area contributed by atoms with E-state index < -0.39 is 16.1 Å². The number of carbonyl (C=O) groups is 1. The molecule has 2 aromatic carbocycles. The predicted octanol–water partition coefficient (Wildman–Crippen LogP) is 2.25. The predicted molar refractivity (Wildman–Crippen MR) is 84.7 cm³/mol. The van der Waals surface area contributed by atoms with Crippen LogP contribution in [0, 0.1) is 0 Å². The maximum absolute atomic E-state index is 12.2. The van der Waals surface area contributed by atoms with Crippen LogP contribution in [0.1, 0.15) is 10.4 Å². The van der Waals surface area contributed by atoms with Gasteiger partial charge in [0.05, 0.1) is 11.3 Å². The molecule has 0 saturated heterocycles. The zero-order chi connectivity index (χ0) is 15.6. The summed E-state index contributed by atoms with van der Waals surface area (Å²) in [7, 11) is -3.99. The van der Waals surface area contributed by atoms with Crippen molar-refractivity contribution in [1.82, 2.24) is 9.71 Å². The Labute approximate surface area is 127 Å². The summed E-state index contributed by atoms with van der Waals surface area (Å²) in [5, 5.41) is 0.662. The van der Waals surface area contributed by atoms with Crippen LogP contribution in [0.2, 0.25) is 0 Å². The van der Waals surface area contributed by atoms with E-state index in [2.05, 4.69) is 9.71 Å². The van der Waals surface area contributed by atoms with Gasteiger partial charge in [-0.2, -0.15) is 8.42 Å². The SMILES string of the molecule is O=C(NS(=O)(=O)Nc1ccccc1)c1c[nH]c2ccccc12. The number of hydrogen-bond acceptors (Lipinski definition) is 3. The Morgan fingerprint density at radius 3 is 2.41 bits per heavy atom. The molecule has 7 heteroatoms. The minimum atomic E-state index is -3.99. The average Bonchev–Trinajstić information content (AvgIpc) is 2.91. The molecule has 0 radical (unpaired) electrons. The monoisotopic (exact) mass is 315 g/mol. The number of hydrogen-bond donors (Lipinski definition) is 3. The Morgan fingerprint density at radius 1 is 0.955 bits per heavy atom. The van der Waals surface area contributed by atoms with Crippen molar-refractivity contribution < 1.29 is 13.2 Å². The number of para-hydroxylation sites is 2. The van der Waals surface area contributed by atoms with Crippen LogP contribution in [0.5, 0.6) is 0 Å². The molecule has 0 aliphatic heterocycles. The topological polar surface area (TPSA) is 91.1 Å². The first-order valence-electron chi connectivity index (χ1n) is 6.51. The average molecular weight is 315 g/mol. The molecule has 1 aromatic heterocycles. The van der Waals surface area contributed by atoms with Gasteiger partial charge in [0.1, 0.15) is 0 Å². The van der Waals surface area contributed by atoms with Crippen molar-refractivity contribution in [2.24, 2.45) is 0 Å². The zero-order valence-electron chi connectivity index (χ0n) is 11.4. The van der Waals surface area contributed by atoms with Crippen LogP contribution in [0.4, 0.5) is 5.69 Å². The first kappa shape index (κ1) is 14.2. The quantitative estimate of drug-likeness (QED) is 0.689. The van der Waals surface area contributed by atoms with Crippen molar-refractivity contribution in [3.63, 3.8) is 0 Å². The number of H-pyrrole nitrogens is 1. The minimum Gasteiger partial charge on any atom is -0.360 e. The second kappa shape index (κ2) is 5.53. The summed E-state index contributed by atoms with van der Waals surface area (Å²) in [5.41, 5.74) is 1.41. The molecule has 0 atom stereocenters. The molecule has 0 unspecified atom stereocenters. The molecule has 3 aromatic rings. The van der Waals surface area contributed by atoms with E-state index in [0.29, 0.717) is 11.1 Å². The van der Waals surface area contributed by atoms with Crippen molar-refractivity contribution in [3.05, 3.63) is 66.4 Å². The van der Waals surface area contributed by atoms with Crippen LogP contribution in [0.15, 0.2) is 60.8 Å². The molecule has 0 spiro atoms. The van der Waals surface area contributed by atoms with Gasteiger partial charge in [-0.15, -0.1) is 0 Å². The summed E-state index contributed by atoms with van der Waals surface area (Å²) in [5.74, 6) is -0.694. The van der Waals surface area contributed by atoms with Gasteiger partial charge in [-0.25, -0.2) is 4.72 Å². The standard InChI is InChI=1S/C15H13N3O3S/c19-15(13-10-16-14-9-5-4-8-12(13)14)18-22(20,21)17-11-6-2-1-3-7-11/h1-10,16-17H,(H,18,19). The highest BCUT2D eigenvalue weighted by Gasteiger charge is 2.18. The van der Waals surface area contributed by atoms with Gasteiger partial charge < -0.3 is 4.98 Å². The molecule has 1 amide bonds. The maximum Gasteiger partial charge on any atom is 0.323 e. The summed E-state index contributed by atoms with van der Waals surface area (Å²) in [4.78, 5) is 15.1. The number of aromatic amines is 1. The lowest BCUT2D eigenvalue weighted by Gasteiger charge is -2.08. The normalized spacial score (nSPS) is 11.3. The molecule has 0 aliphatic rings. The van der Waals surface area contributed by atoms with Crippen molar-refractivity contribution in [3.8, 4) is 0 Å². The first-order chi connectivity index (χ1) is 10.6. The number of nitrogens with one attached hydrogen (secondary N) is 3. The lowest BCUT2D eigenvalue weighted by atomic mass is 10.2. The summed E-state index contributed by atoms with van der Waals surface area (Å²) >= 11 is 0. The van der Waals surface area contributed by atoms with Crippen LogP contribution in [-0.2, 0) is 10.2 Å². The molecule has 0 aliphatic carbocycles. The third-order valence-corrected chi connectivity index (χ3v) is 4.05. The van der Waals surface area contributed by atoms with E-state index in [9.17, 15) is 13.2 Å². The molecule has 6 nitrogen and oxygen atoms in total. The number of rotatable bonds is 4. The molecule has 3 rings (SSSR count). The number of anilines is 1. The lowest BCUT2D eigenvalue weighted by Crippen LogP contribution is -2.35. The Hall–Kier alpha value is -2.80. The lowest BCUT2D eigenvalue weighted by molar-refractivity contribution is 0.0983. The van der Waals surface area contributed by atoms with E-state index in [1.54, 1.807) is 42.5 Å². The molecule has 0 saturated carbocycles. The van der Waals surface area contributed by atoms with E-state index in [1.807, 2.05) is 16.9 Å². The van der Waals surface area contributed by atoms with Gasteiger partial charge in [0.15, 0.2) is 0 Å². The first-order valence-corrected chi connectivity index (χ1v) is 7.99. The molecule has 0 fully saturated rings. The Balaban J connectivity index is 1.81. The van der Waals surface area contributed by atoms with E-state index in [0.717, 1.165) is 5.52 Å². The Kier molecular flexibility index (Phi) is 3.56. The van der Waals surface area contributed by atoms with Crippen LogP contribution in [0.25, 0.3) is 10.9 Å². The van der Waals surface area contributed by atoms with Crippen molar-refractivity contribution in [1.29, 1.82) is 0 Å². The smallest absolute Gasteiger partial charge is 0.323 e. The number of benzene rings is 2. The van der Waals surface area contributed by atoms with Gasteiger partial charge in [-0.3, -0.25) is 9.52 Å². The van der Waals surface area contributed by atoms with Crippen LogP contribution in [-0.4, -0.2) is 19.3 Å². The number of fused-ring (bicyclic) bond motifs is 1. The third kappa shape index (κ3) is 2.94. The summed E-state index contributed by atoms with van der Waals surface area (Å²) in [6.07, 6.45) is 1.48. The highest BCUT2D eigenvalue weighted by molar-refractivity contribution is 7.91. The Morgan fingerprint density at radius 2 is 1.64 bits per heavy atom. The minimum absolute atomic E-state index is 0.272. The highest BCUT2D eigenvalue weighted by Crippen LogP contribution is 2.17. The van der Waals surface area contributed by atoms with E-state index in [-0.39, 0.29) is 5.56 Å². The molecule has 3 N–H and O–H groups in total. The number of amides is 1. The van der Waals surface area contributed by atoms with Crippen molar-refractivity contribution in [2.75, 3.05) is 4.72 Å². The molecular weight excluding hydrogens is 302 g/mol. The molecule has 0 bridgehead atoms. The number of carbonyl (C=O) groups excluding carboxylic acids is 1. The second-order valence-corrected chi connectivity index (χ2v) is 6.07. The fourth-order valence-electron chi connectivity index (χ4n) is 2.12. The summed E-state index contributed by atoms with van der Waals surface area (Å²) in [6.45, 7) is 0. The molecule has 22 heavy (non-hydrogen) atoms. The van der Waals surface area contributed by atoms with Crippen LogP contribution >= 0.6 is 0 Å². The number of aromatic nitrogens is 1. The van der Waals surface area contributed by atoms with Gasteiger partial charge in [0.25, 0.3) is 5.91 Å². The van der Waals surface area contributed by atoms with Gasteiger partial charge in [-0.1, -0.05) is 36.4 Å². The van der Waals surface area contributed by atoms with Crippen LogP contribution in [0.3, 0.4) is 0 Å². The van der Waals surface area contributed by atoms with Crippen molar-refractivity contribution in [2.45, 2.75) is 0 Å². The summed E-state index contributed by atoms with van der Waals surface area (Å²) in [6, 6.07) is 15.5. The second-order valence-electron chi connectivity index (χ2n) is 4.65. The maximum atomic E-state index is 12.2. The summed E-state index contributed by atoms with van der Waals surface area (Å²) < 4.78 is 28.3. The van der Waals surface area contributed by atoms with Gasteiger partial charge in [-0.05, 0) is 18.2 Å². The van der Waals surface area contributed by atoms with Gasteiger partial charge >= 0.3 is 10.2 Å². The fourth-order valence-corrected chi connectivity index (χ4v) is 2.97. The van der Waals surface area contributed by atoms with E-state index in [4.69, 9.17) is 0 Å². The van der Waals surface area contributed by atoms with Gasteiger partial charge in [0.2, 0.25) is 0 Å². The third-order valence-electron chi connectivity index (χ3n) is 3.09. The fraction of sp³-hybridized carbons (Fsp3) is 0. The molecule has 112 valence electrons.